The summed E-state index contributed by atoms with van der Waals surface area (Å²) in [6, 6.07) is 0. The van der Waals surface area contributed by atoms with E-state index in [0.29, 0.717) is 0 Å². The van der Waals surface area contributed by atoms with Crippen LogP contribution in [0, 0.1) is 6.92 Å². The Morgan fingerprint density at radius 2 is 2.25 bits per heavy atom. The third-order valence-corrected chi connectivity index (χ3v) is 4.42. The fourth-order valence-electron chi connectivity index (χ4n) is 2.44. The van der Waals surface area contributed by atoms with E-state index in [-0.39, 0.29) is 11.1 Å². The van der Waals surface area contributed by atoms with Gasteiger partial charge in [0, 0.05) is 24.1 Å². The van der Waals surface area contributed by atoms with E-state index in [1.807, 2.05) is 14.0 Å². The summed E-state index contributed by atoms with van der Waals surface area (Å²) in [7, 11) is 2.03. The second kappa shape index (κ2) is 4.09. The molecule has 0 aliphatic carbocycles. The van der Waals surface area contributed by atoms with Gasteiger partial charge in [-0.3, -0.25) is 0 Å². The van der Waals surface area contributed by atoms with Crippen molar-refractivity contribution >= 4 is 11.3 Å². The van der Waals surface area contributed by atoms with Crippen molar-refractivity contribution in [1.29, 1.82) is 0 Å². The molecule has 1 unspecified atom stereocenters. The number of ether oxygens (including phenoxy) is 1. The highest BCUT2D eigenvalue weighted by atomic mass is 32.1. The summed E-state index contributed by atoms with van der Waals surface area (Å²) in [6.07, 6.45) is 1.98. The second-order valence-corrected chi connectivity index (χ2v) is 6.02. The van der Waals surface area contributed by atoms with E-state index in [1.165, 1.54) is 5.01 Å². The molecule has 2 rings (SSSR count). The SMILES string of the molecule is CNC1(c2nc(C)cs2)CCOC(C)(C)C1. The highest BCUT2D eigenvalue weighted by molar-refractivity contribution is 7.09. The minimum atomic E-state index is -0.0686. The second-order valence-electron chi connectivity index (χ2n) is 5.16. The molecule has 1 atom stereocenters. The van der Waals surface area contributed by atoms with Crippen LogP contribution >= 0.6 is 11.3 Å². The minimum absolute atomic E-state index is 0.000671. The first-order valence-electron chi connectivity index (χ1n) is 5.73. The summed E-state index contributed by atoms with van der Waals surface area (Å²) in [5, 5.41) is 6.79. The highest BCUT2D eigenvalue weighted by Crippen LogP contribution is 2.40. The van der Waals surface area contributed by atoms with Crippen molar-refractivity contribution in [3.05, 3.63) is 16.1 Å². The van der Waals surface area contributed by atoms with E-state index in [0.717, 1.165) is 25.1 Å². The molecular weight excluding hydrogens is 220 g/mol. The zero-order valence-electron chi connectivity index (χ0n) is 10.5. The van der Waals surface area contributed by atoms with Crippen molar-refractivity contribution in [2.75, 3.05) is 13.7 Å². The van der Waals surface area contributed by atoms with Crippen molar-refractivity contribution in [1.82, 2.24) is 10.3 Å². The van der Waals surface area contributed by atoms with Gasteiger partial charge >= 0.3 is 0 Å². The minimum Gasteiger partial charge on any atom is -0.375 e. The zero-order chi connectivity index (χ0) is 11.8. The lowest BCUT2D eigenvalue weighted by Gasteiger charge is -2.43. The number of aromatic nitrogens is 1. The maximum absolute atomic E-state index is 5.79. The van der Waals surface area contributed by atoms with Crippen molar-refractivity contribution in [3.63, 3.8) is 0 Å². The number of hydrogen-bond donors (Lipinski definition) is 1. The van der Waals surface area contributed by atoms with Gasteiger partial charge in [0.2, 0.25) is 0 Å². The van der Waals surface area contributed by atoms with E-state index in [1.54, 1.807) is 11.3 Å². The summed E-state index contributed by atoms with van der Waals surface area (Å²) >= 11 is 1.75. The fraction of sp³-hybridized carbons (Fsp3) is 0.750. The van der Waals surface area contributed by atoms with Crippen LogP contribution in [0.25, 0.3) is 0 Å². The topological polar surface area (TPSA) is 34.2 Å². The largest absolute Gasteiger partial charge is 0.375 e. The van der Waals surface area contributed by atoms with E-state index in [4.69, 9.17) is 4.74 Å². The summed E-state index contributed by atoms with van der Waals surface area (Å²) < 4.78 is 5.79. The summed E-state index contributed by atoms with van der Waals surface area (Å²) in [5.74, 6) is 0. The monoisotopic (exact) mass is 240 g/mol. The molecule has 16 heavy (non-hydrogen) atoms. The van der Waals surface area contributed by atoms with Crippen LogP contribution in [-0.2, 0) is 10.3 Å². The first kappa shape index (κ1) is 12.0. The predicted molar refractivity (Wildman–Crippen MR) is 66.9 cm³/mol. The Bertz CT molecular complexity index is 375. The number of thiazole rings is 1. The summed E-state index contributed by atoms with van der Waals surface area (Å²) in [6.45, 7) is 7.15. The third-order valence-electron chi connectivity index (χ3n) is 3.26. The molecule has 1 aliphatic heterocycles. The Balaban J connectivity index is 2.32. The van der Waals surface area contributed by atoms with Gasteiger partial charge < -0.3 is 10.1 Å². The Kier molecular flexibility index (Phi) is 3.07. The van der Waals surface area contributed by atoms with Gasteiger partial charge in [-0.15, -0.1) is 11.3 Å². The number of rotatable bonds is 2. The smallest absolute Gasteiger partial charge is 0.113 e. The van der Waals surface area contributed by atoms with Gasteiger partial charge in [0.25, 0.3) is 0 Å². The Hall–Kier alpha value is -0.450. The van der Waals surface area contributed by atoms with Gasteiger partial charge in [-0.05, 0) is 34.2 Å². The van der Waals surface area contributed by atoms with Crippen LogP contribution < -0.4 is 5.32 Å². The molecule has 0 radical (unpaired) electrons. The standard InChI is InChI=1S/C12H20N2OS/c1-9-7-16-10(14-9)12(13-4)5-6-15-11(2,3)8-12/h7,13H,5-6,8H2,1-4H3. The van der Waals surface area contributed by atoms with Crippen LogP contribution in [0.5, 0.6) is 0 Å². The van der Waals surface area contributed by atoms with Crippen LogP contribution in [0.2, 0.25) is 0 Å². The molecule has 1 aliphatic rings. The Morgan fingerprint density at radius 3 is 2.75 bits per heavy atom. The molecule has 1 fully saturated rings. The molecule has 90 valence electrons. The number of aryl methyl sites for hydroxylation is 1. The van der Waals surface area contributed by atoms with Gasteiger partial charge in [-0.1, -0.05) is 0 Å². The zero-order valence-corrected chi connectivity index (χ0v) is 11.3. The quantitative estimate of drug-likeness (QED) is 0.862. The van der Waals surface area contributed by atoms with Crippen LogP contribution in [0.4, 0.5) is 0 Å². The molecule has 2 heterocycles. The molecule has 0 amide bonds. The lowest BCUT2D eigenvalue weighted by atomic mass is 9.82. The van der Waals surface area contributed by atoms with Crippen LogP contribution in [0.1, 0.15) is 37.4 Å². The molecule has 3 nitrogen and oxygen atoms in total. The summed E-state index contributed by atoms with van der Waals surface area (Å²) in [4.78, 5) is 4.64. The Labute approximate surface area is 101 Å². The van der Waals surface area contributed by atoms with E-state index in [9.17, 15) is 0 Å². The van der Waals surface area contributed by atoms with E-state index < -0.39 is 0 Å². The van der Waals surface area contributed by atoms with Gasteiger partial charge in [0.1, 0.15) is 5.01 Å². The molecule has 1 N–H and O–H groups in total. The van der Waals surface area contributed by atoms with Gasteiger partial charge in [-0.25, -0.2) is 4.98 Å². The maximum atomic E-state index is 5.79. The lowest BCUT2D eigenvalue weighted by Crippen LogP contribution is -2.51. The third kappa shape index (κ3) is 2.14. The van der Waals surface area contributed by atoms with E-state index in [2.05, 4.69) is 29.5 Å². The lowest BCUT2D eigenvalue weighted by molar-refractivity contribution is -0.0883. The molecule has 0 aromatic carbocycles. The van der Waals surface area contributed by atoms with Crippen molar-refractivity contribution in [2.45, 2.75) is 44.8 Å². The van der Waals surface area contributed by atoms with Gasteiger partial charge in [-0.2, -0.15) is 0 Å². The average Bonchev–Trinajstić information content (AvgIpc) is 2.63. The van der Waals surface area contributed by atoms with Gasteiger partial charge in [0.05, 0.1) is 11.1 Å². The highest BCUT2D eigenvalue weighted by Gasteiger charge is 2.42. The van der Waals surface area contributed by atoms with E-state index >= 15 is 0 Å². The van der Waals surface area contributed by atoms with Crippen molar-refractivity contribution in [2.24, 2.45) is 0 Å². The molecule has 4 heteroatoms. The van der Waals surface area contributed by atoms with Gasteiger partial charge in [0.15, 0.2) is 0 Å². The fourth-order valence-corrected chi connectivity index (χ4v) is 3.48. The number of hydrogen-bond acceptors (Lipinski definition) is 4. The molecule has 0 bridgehead atoms. The number of nitrogens with zero attached hydrogens (tertiary/aromatic N) is 1. The maximum Gasteiger partial charge on any atom is 0.113 e. The van der Waals surface area contributed by atoms with Crippen molar-refractivity contribution in [3.8, 4) is 0 Å². The molecular formula is C12H20N2OS. The summed E-state index contributed by atoms with van der Waals surface area (Å²) in [5.41, 5.74) is 1.04. The first-order valence-corrected chi connectivity index (χ1v) is 6.61. The first-order chi connectivity index (χ1) is 7.47. The van der Waals surface area contributed by atoms with Crippen LogP contribution in [0.3, 0.4) is 0 Å². The Morgan fingerprint density at radius 1 is 1.50 bits per heavy atom. The van der Waals surface area contributed by atoms with Crippen LogP contribution in [-0.4, -0.2) is 24.2 Å². The predicted octanol–water partition coefficient (Wildman–Crippen LogP) is 2.46. The molecule has 1 saturated heterocycles. The number of nitrogens with one attached hydrogen (secondary N) is 1. The normalized spacial score (nSPS) is 29.2. The molecule has 1 aromatic heterocycles. The van der Waals surface area contributed by atoms with Crippen molar-refractivity contribution < 1.29 is 4.74 Å². The molecule has 0 saturated carbocycles. The van der Waals surface area contributed by atoms with Crippen LogP contribution in [0.15, 0.2) is 5.38 Å². The molecule has 0 spiro atoms. The molecule has 1 aromatic rings. The average molecular weight is 240 g/mol.